The lowest BCUT2D eigenvalue weighted by Crippen LogP contribution is -1.93. The number of nitrogens with one attached hydrogen (secondary N) is 1. The van der Waals surface area contributed by atoms with Crippen molar-refractivity contribution in [3.05, 3.63) is 60.5 Å². The summed E-state index contributed by atoms with van der Waals surface area (Å²) in [7, 11) is 0. The van der Waals surface area contributed by atoms with Crippen LogP contribution in [0.1, 0.15) is 5.89 Å². The normalized spacial score (nSPS) is 10.5. The molecule has 0 unspecified atom stereocenters. The number of aromatic nitrogens is 2. The molecule has 0 fully saturated rings. The number of hydrogen-bond donors (Lipinski definition) is 1. The van der Waals surface area contributed by atoms with Crippen LogP contribution in [0.4, 0.5) is 11.7 Å². The van der Waals surface area contributed by atoms with Crippen molar-refractivity contribution in [2.24, 2.45) is 0 Å². The Morgan fingerprint density at radius 1 is 0.952 bits per heavy atom. The van der Waals surface area contributed by atoms with Crippen LogP contribution in [-0.2, 0) is 6.42 Å². The number of anilines is 2. The van der Waals surface area contributed by atoms with Crippen LogP contribution in [0.25, 0.3) is 11.1 Å². The van der Waals surface area contributed by atoms with Crippen molar-refractivity contribution in [2.45, 2.75) is 6.42 Å². The third kappa shape index (κ3) is 3.23. The number of hydrogen-bond acceptors (Lipinski definition) is 4. The van der Waals surface area contributed by atoms with Crippen LogP contribution in [0.2, 0.25) is 0 Å². The second kappa shape index (κ2) is 6.41. The Morgan fingerprint density at radius 2 is 1.71 bits per heavy atom. The van der Waals surface area contributed by atoms with Gasteiger partial charge >= 0.3 is 6.01 Å². The zero-order valence-electron chi connectivity index (χ0n) is 11.3. The van der Waals surface area contributed by atoms with Crippen LogP contribution in [0, 0.1) is 0 Å². The van der Waals surface area contributed by atoms with Gasteiger partial charge in [0.25, 0.3) is 0 Å². The van der Waals surface area contributed by atoms with Gasteiger partial charge in [-0.05, 0) is 11.6 Å². The van der Waals surface area contributed by atoms with E-state index >= 15 is 0 Å². The second-order valence-corrected chi connectivity index (χ2v) is 4.85. The number of alkyl halides is 1. The van der Waals surface area contributed by atoms with Gasteiger partial charge in [0.15, 0.2) is 0 Å². The summed E-state index contributed by atoms with van der Waals surface area (Å²) in [6.07, 6.45) is 0.566. The number of benzene rings is 2. The molecule has 21 heavy (non-hydrogen) atoms. The van der Waals surface area contributed by atoms with E-state index in [1.807, 2.05) is 42.5 Å². The molecule has 3 rings (SSSR count). The summed E-state index contributed by atoms with van der Waals surface area (Å²) in [4.78, 5) is 0. The van der Waals surface area contributed by atoms with Crippen LogP contribution in [0.3, 0.4) is 0 Å². The molecule has 5 heteroatoms. The number of para-hydroxylation sites is 1. The molecule has 0 aliphatic carbocycles. The van der Waals surface area contributed by atoms with Crippen molar-refractivity contribution in [1.29, 1.82) is 0 Å². The average molecular weight is 300 g/mol. The standard InChI is InChI=1S/C16H14ClN3O/c17-11-10-15-19-20-16(21-15)18-14-9-5-4-8-13(14)12-6-2-1-3-7-12/h1-9H,10-11H2,(H,18,20). The van der Waals surface area contributed by atoms with Crippen molar-refractivity contribution < 1.29 is 4.42 Å². The highest BCUT2D eigenvalue weighted by Crippen LogP contribution is 2.29. The molecule has 0 amide bonds. The zero-order chi connectivity index (χ0) is 14.5. The van der Waals surface area contributed by atoms with E-state index in [0.717, 1.165) is 16.8 Å². The molecule has 0 aliphatic heterocycles. The van der Waals surface area contributed by atoms with E-state index in [0.29, 0.717) is 24.2 Å². The lowest BCUT2D eigenvalue weighted by atomic mass is 10.0. The maximum atomic E-state index is 5.66. The third-order valence-electron chi connectivity index (χ3n) is 3.03. The molecule has 0 bridgehead atoms. The fraction of sp³-hybridized carbons (Fsp3) is 0.125. The van der Waals surface area contributed by atoms with Crippen molar-refractivity contribution in [3.63, 3.8) is 0 Å². The zero-order valence-corrected chi connectivity index (χ0v) is 12.0. The summed E-state index contributed by atoms with van der Waals surface area (Å²) in [6.45, 7) is 0. The van der Waals surface area contributed by atoms with Crippen molar-refractivity contribution in [3.8, 4) is 11.1 Å². The number of nitrogens with zero attached hydrogens (tertiary/aromatic N) is 2. The molecule has 0 saturated heterocycles. The first kappa shape index (κ1) is 13.6. The molecule has 0 saturated carbocycles. The van der Waals surface area contributed by atoms with Gasteiger partial charge < -0.3 is 9.73 Å². The number of rotatable bonds is 5. The van der Waals surface area contributed by atoms with Crippen LogP contribution in [-0.4, -0.2) is 16.1 Å². The Labute approximate surface area is 127 Å². The minimum Gasteiger partial charge on any atom is -0.408 e. The summed E-state index contributed by atoms with van der Waals surface area (Å²) >= 11 is 5.66. The molecule has 0 spiro atoms. The summed E-state index contributed by atoms with van der Waals surface area (Å²) in [5.41, 5.74) is 3.13. The lowest BCUT2D eigenvalue weighted by Gasteiger charge is -2.09. The fourth-order valence-corrected chi connectivity index (χ4v) is 2.22. The maximum Gasteiger partial charge on any atom is 0.320 e. The van der Waals surface area contributed by atoms with Crippen LogP contribution in [0.5, 0.6) is 0 Å². The molecule has 0 aliphatic rings. The summed E-state index contributed by atoms with van der Waals surface area (Å²) in [5.74, 6) is 0.993. The van der Waals surface area contributed by atoms with Crippen molar-refractivity contribution >= 4 is 23.3 Å². The van der Waals surface area contributed by atoms with Gasteiger partial charge in [-0.3, -0.25) is 0 Å². The van der Waals surface area contributed by atoms with Gasteiger partial charge in [0.05, 0.1) is 5.69 Å². The number of aryl methyl sites for hydroxylation is 1. The first-order valence-corrected chi connectivity index (χ1v) is 7.20. The van der Waals surface area contributed by atoms with Crippen molar-refractivity contribution in [2.75, 3.05) is 11.2 Å². The number of halogens is 1. The van der Waals surface area contributed by atoms with E-state index < -0.39 is 0 Å². The third-order valence-corrected chi connectivity index (χ3v) is 3.22. The van der Waals surface area contributed by atoms with Gasteiger partial charge in [0.2, 0.25) is 5.89 Å². The highest BCUT2D eigenvalue weighted by atomic mass is 35.5. The van der Waals surface area contributed by atoms with E-state index in [2.05, 4.69) is 27.6 Å². The average Bonchev–Trinajstić information content (AvgIpc) is 2.96. The Bertz CT molecular complexity index is 712. The molecule has 1 heterocycles. The molecular weight excluding hydrogens is 286 g/mol. The molecule has 4 nitrogen and oxygen atoms in total. The Morgan fingerprint density at radius 3 is 2.52 bits per heavy atom. The fourth-order valence-electron chi connectivity index (χ4n) is 2.06. The smallest absolute Gasteiger partial charge is 0.320 e. The van der Waals surface area contributed by atoms with Gasteiger partial charge in [-0.25, -0.2) is 0 Å². The molecule has 0 radical (unpaired) electrons. The molecule has 3 aromatic rings. The molecule has 0 atom stereocenters. The van der Waals surface area contributed by atoms with E-state index in [9.17, 15) is 0 Å². The van der Waals surface area contributed by atoms with E-state index in [4.69, 9.17) is 16.0 Å². The SMILES string of the molecule is ClCCc1nnc(Nc2ccccc2-c2ccccc2)o1. The summed E-state index contributed by atoms with van der Waals surface area (Å²) < 4.78 is 5.50. The minimum atomic E-state index is 0.374. The molecule has 2 aromatic carbocycles. The second-order valence-electron chi connectivity index (χ2n) is 4.48. The van der Waals surface area contributed by atoms with Crippen LogP contribution < -0.4 is 5.32 Å². The van der Waals surface area contributed by atoms with Crippen LogP contribution >= 0.6 is 11.6 Å². The molecule has 1 N–H and O–H groups in total. The quantitative estimate of drug-likeness (QED) is 0.715. The molecule has 106 valence electrons. The predicted molar refractivity (Wildman–Crippen MR) is 83.9 cm³/mol. The summed E-state index contributed by atoms with van der Waals surface area (Å²) in [5, 5.41) is 11.1. The monoisotopic (exact) mass is 299 g/mol. The Balaban J connectivity index is 1.88. The van der Waals surface area contributed by atoms with Gasteiger partial charge in [-0.2, -0.15) is 0 Å². The van der Waals surface area contributed by atoms with Gasteiger partial charge in [-0.15, -0.1) is 16.7 Å². The lowest BCUT2D eigenvalue weighted by molar-refractivity contribution is 0.516. The van der Waals surface area contributed by atoms with Gasteiger partial charge in [0.1, 0.15) is 0 Å². The van der Waals surface area contributed by atoms with Gasteiger partial charge in [-0.1, -0.05) is 53.6 Å². The topological polar surface area (TPSA) is 51.0 Å². The predicted octanol–water partition coefficient (Wildman–Crippen LogP) is 4.26. The van der Waals surface area contributed by atoms with E-state index in [1.54, 1.807) is 0 Å². The first-order valence-electron chi connectivity index (χ1n) is 6.66. The molecular formula is C16H14ClN3O. The van der Waals surface area contributed by atoms with Gasteiger partial charge in [0, 0.05) is 17.9 Å². The Hall–Kier alpha value is -2.33. The van der Waals surface area contributed by atoms with E-state index in [1.165, 1.54) is 0 Å². The highest BCUT2D eigenvalue weighted by Gasteiger charge is 2.09. The van der Waals surface area contributed by atoms with Crippen LogP contribution in [0.15, 0.2) is 59.0 Å². The maximum absolute atomic E-state index is 5.66. The first-order chi connectivity index (χ1) is 10.4. The van der Waals surface area contributed by atoms with E-state index in [-0.39, 0.29) is 0 Å². The molecule has 1 aromatic heterocycles. The Kier molecular flexibility index (Phi) is 4.17. The largest absolute Gasteiger partial charge is 0.408 e. The van der Waals surface area contributed by atoms with Crippen molar-refractivity contribution in [1.82, 2.24) is 10.2 Å². The minimum absolute atomic E-state index is 0.374. The highest BCUT2D eigenvalue weighted by molar-refractivity contribution is 6.17. The summed E-state index contributed by atoms with van der Waals surface area (Å²) in [6, 6.07) is 18.5.